The van der Waals surface area contributed by atoms with Crippen molar-refractivity contribution >= 4 is 18.7 Å². The topological polar surface area (TPSA) is 80.9 Å². The first-order valence-electron chi connectivity index (χ1n) is 3.30. The molecule has 0 bridgehead atoms. The zero-order valence-electron chi connectivity index (χ0n) is 6.11. The second kappa shape index (κ2) is 3.10. The zero-order valence-corrected chi connectivity index (χ0v) is 6.86. The maximum atomic E-state index is 9.23. The van der Waals surface area contributed by atoms with Gasteiger partial charge in [-0.2, -0.15) is 0 Å². The SMILES string of the molecule is OB(O)C1=CC(O)=CC(O)(Cl)C1. The van der Waals surface area contributed by atoms with E-state index in [-0.39, 0.29) is 17.7 Å². The largest absolute Gasteiger partial charge is 0.508 e. The maximum absolute atomic E-state index is 9.23. The number of hydrogen-bond acceptors (Lipinski definition) is 4. The van der Waals surface area contributed by atoms with Gasteiger partial charge >= 0.3 is 7.12 Å². The average Bonchev–Trinajstić information content (AvgIpc) is 1.82. The number of hydrogen-bond donors (Lipinski definition) is 4. The molecule has 0 aliphatic heterocycles. The highest BCUT2D eigenvalue weighted by atomic mass is 35.5. The van der Waals surface area contributed by atoms with E-state index in [0.717, 1.165) is 12.2 Å². The Morgan fingerprint density at radius 2 is 2.08 bits per heavy atom. The van der Waals surface area contributed by atoms with E-state index in [4.69, 9.17) is 26.8 Å². The van der Waals surface area contributed by atoms with E-state index in [1.54, 1.807) is 0 Å². The third kappa shape index (κ3) is 2.25. The van der Waals surface area contributed by atoms with Crippen molar-refractivity contribution in [2.24, 2.45) is 0 Å². The van der Waals surface area contributed by atoms with Crippen molar-refractivity contribution < 1.29 is 20.3 Å². The predicted octanol–water partition coefficient (Wildman–Crippen LogP) is -0.302. The van der Waals surface area contributed by atoms with Crippen LogP contribution in [0.3, 0.4) is 0 Å². The number of aliphatic hydroxyl groups is 2. The Bertz CT molecular complexity index is 246. The molecular weight excluding hydrogens is 182 g/mol. The Labute approximate surface area is 74.6 Å². The van der Waals surface area contributed by atoms with Gasteiger partial charge in [-0.05, 0) is 11.5 Å². The van der Waals surface area contributed by atoms with Gasteiger partial charge in [0.15, 0.2) is 5.06 Å². The molecule has 0 aromatic heterocycles. The molecule has 0 heterocycles. The van der Waals surface area contributed by atoms with Gasteiger partial charge in [0.05, 0.1) is 0 Å². The molecule has 0 fully saturated rings. The van der Waals surface area contributed by atoms with Gasteiger partial charge in [0.25, 0.3) is 0 Å². The Hall–Kier alpha value is -0.485. The van der Waals surface area contributed by atoms with E-state index < -0.39 is 12.2 Å². The molecule has 4 N–H and O–H groups in total. The maximum Gasteiger partial charge on any atom is 0.484 e. The number of alkyl halides is 1. The number of allylic oxidation sites excluding steroid dienone is 1. The van der Waals surface area contributed by atoms with Gasteiger partial charge in [-0.15, -0.1) is 0 Å². The molecule has 0 spiro atoms. The normalized spacial score (nSPS) is 29.3. The van der Waals surface area contributed by atoms with Crippen molar-refractivity contribution in [3.8, 4) is 0 Å². The summed E-state index contributed by atoms with van der Waals surface area (Å²) < 4.78 is 0. The molecule has 6 heteroatoms. The van der Waals surface area contributed by atoms with Crippen molar-refractivity contribution in [3.05, 3.63) is 23.4 Å². The molecule has 0 saturated heterocycles. The van der Waals surface area contributed by atoms with Crippen LogP contribution in [0.15, 0.2) is 23.4 Å². The Balaban J connectivity index is 2.88. The van der Waals surface area contributed by atoms with Crippen LogP contribution in [0.1, 0.15) is 6.42 Å². The van der Waals surface area contributed by atoms with Crippen LogP contribution in [0, 0.1) is 0 Å². The molecule has 0 radical (unpaired) electrons. The highest BCUT2D eigenvalue weighted by molar-refractivity contribution is 6.51. The summed E-state index contributed by atoms with van der Waals surface area (Å²) in [4.78, 5) is 0. The lowest BCUT2D eigenvalue weighted by molar-refractivity contribution is 0.172. The minimum Gasteiger partial charge on any atom is -0.508 e. The second-order valence-corrected chi connectivity index (χ2v) is 3.31. The first-order chi connectivity index (χ1) is 5.41. The molecule has 4 nitrogen and oxygen atoms in total. The molecule has 1 aliphatic carbocycles. The minimum atomic E-state index is -1.72. The van der Waals surface area contributed by atoms with Crippen molar-refractivity contribution in [2.45, 2.75) is 11.5 Å². The summed E-state index contributed by atoms with van der Waals surface area (Å²) in [5.74, 6) is -0.276. The molecule has 0 saturated carbocycles. The molecule has 1 unspecified atom stereocenters. The molecule has 1 aliphatic rings. The van der Waals surface area contributed by atoms with E-state index in [9.17, 15) is 5.11 Å². The third-order valence-corrected chi connectivity index (χ3v) is 1.73. The molecule has 1 atom stereocenters. The highest BCUT2D eigenvalue weighted by Crippen LogP contribution is 2.29. The smallest absolute Gasteiger partial charge is 0.484 e. The summed E-state index contributed by atoms with van der Waals surface area (Å²) in [7, 11) is -1.70. The number of rotatable bonds is 1. The molecule has 0 aromatic carbocycles. The lowest BCUT2D eigenvalue weighted by Crippen LogP contribution is -2.28. The monoisotopic (exact) mass is 190 g/mol. The van der Waals surface area contributed by atoms with E-state index in [0.29, 0.717) is 0 Å². The van der Waals surface area contributed by atoms with Crippen LogP contribution < -0.4 is 0 Å². The van der Waals surface area contributed by atoms with Gasteiger partial charge in [-0.3, -0.25) is 0 Å². The molecule has 0 aromatic rings. The first kappa shape index (κ1) is 9.60. The summed E-state index contributed by atoms with van der Waals surface area (Å²) in [5.41, 5.74) is 0.0764. The van der Waals surface area contributed by atoms with Crippen molar-refractivity contribution in [1.82, 2.24) is 0 Å². The van der Waals surface area contributed by atoms with E-state index in [1.807, 2.05) is 0 Å². The summed E-state index contributed by atoms with van der Waals surface area (Å²) in [5, 5.41) is 33.9. The number of aliphatic hydroxyl groups excluding tert-OH is 1. The summed E-state index contributed by atoms with van der Waals surface area (Å²) >= 11 is 5.46. The van der Waals surface area contributed by atoms with E-state index >= 15 is 0 Å². The van der Waals surface area contributed by atoms with Crippen LogP contribution in [-0.2, 0) is 0 Å². The fourth-order valence-corrected chi connectivity index (χ4v) is 1.28. The van der Waals surface area contributed by atoms with Gasteiger partial charge in [-0.1, -0.05) is 11.6 Å². The quantitative estimate of drug-likeness (QED) is 0.338. The van der Waals surface area contributed by atoms with Gasteiger partial charge in [0.1, 0.15) is 5.76 Å². The van der Waals surface area contributed by atoms with Crippen LogP contribution in [0.4, 0.5) is 0 Å². The minimum absolute atomic E-state index is 0.0764. The van der Waals surface area contributed by atoms with Crippen LogP contribution in [-0.4, -0.2) is 32.4 Å². The molecule has 0 amide bonds. The molecule has 1 rings (SSSR count). The number of halogens is 1. The summed E-state index contributed by atoms with van der Waals surface area (Å²) in [6, 6.07) is 0. The predicted molar refractivity (Wildman–Crippen MR) is 44.4 cm³/mol. The Kier molecular flexibility index (Phi) is 2.48. The molecule has 66 valence electrons. The Morgan fingerprint density at radius 1 is 1.50 bits per heavy atom. The zero-order chi connectivity index (χ0) is 9.35. The second-order valence-electron chi connectivity index (χ2n) is 2.66. The summed E-state index contributed by atoms with van der Waals surface area (Å²) in [6.45, 7) is 0. The van der Waals surface area contributed by atoms with Crippen LogP contribution in [0.2, 0.25) is 0 Å². The third-order valence-electron chi connectivity index (χ3n) is 1.49. The van der Waals surface area contributed by atoms with Crippen molar-refractivity contribution in [2.75, 3.05) is 0 Å². The first-order valence-corrected chi connectivity index (χ1v) is 3.68. The van der Waals surface area contributed by atoms with Crippen LogP contribution in [0.25, 0.3) is 0 Å². The van der Waals surface area contributed by atoms with E-state index in [2.05, 4.69) is 0 Å². The van der Waals surface area contributed by atoms with Crippen LogP contribution in [0.5, 0.6) is 0 Å². The van der Waals surface area contributed by atoms with Crippen LogP contribution >= 0.6 is 11.6 Å². The van der Waals surface area contributed by atoms with Gasteiger partial charge in [0.2, 0.25) is 0 Å². The lowest BCUT2D eigenvalue weighted by atomic mass is 9.74. The summed E-state index contributed by atoms with van der Waals surface area (Å²) in [6.07, 6.45) is 2.07. The average molecular weight is 190 g/mol. The van der Waals surface area contributed by atoms with E-state index in [1.165, 1.54) is 0 Å². The van der Waals surface area contributed by atoms with Gasteiger partial charge in [-0.25, -0.2) is 0 Å². The molecular formula is C6H8BClO4. The standard InChI is InChI=1S/C6H8BClO4/c8-6(10)2-4(7(11)12)1-5(9)3-6/h1,3,9-12H,2H2. The van der Waals surface area contributed by atoms with Gasteiger partial charge in [0, 0.05) is 12.5 Å². The van der Waals surface area contributed by atoms with Crippen molar-refractivity contribution in [1.29, 1.82) is 0 Å². The fourth-order valence-electron chi connectivity index (χ4n) is 1.01. The molecule has 12 heavy (non-hydrogen) atoms. The van der Waals surface area contributed by atoms with Gasteiger partial charge < -0.3 is 20.3 Å². The fraction of sp³-hybridized carbons (Fsp3) is 0.333. The lowest BCUT2D eigenvalue weighted by Gasteiger charge is -2.22. The Morgan fingerprint density at radius 3 is 2.50 bits per heavy atom. The highest BCUT2D eigenvalue weighted by Gasteiger charge is 2.31. The van der Waals surface area contributed by atoms with Crippen molar-refractivity contribution in [3.63, 3.8) is 0 Å².